The molecule has 0 spiro atoms. The van der Waals surface area contributed by atoms with Gasteiger partial charge in [-0.15, -0.1) is 0 Å². The van der Waals surface area contributed by atoms with Crippen LogP contribution >= 0.6 is 0 Å². The van der Waals surface area contributed by atoms with Gasteiger partial charge < -0.3 is 9.26 Å². The van der Waals surface area contributed by atoms with E-state index in [0.717, 1.165) is 24.0 Å². The molecule has 0 unspecified atom stereocenters. The van der Waals surface area contributed by atoms with Gasteiger partial charge in [-0.05, 0) is 25.5 Å². The maximum atomic E-state index is 13.7. The Morgan fingerprint density at radius 2 is 1.96 bits per heavy atom. The lowest BCUT2D eigenvalue weighted by molar-refractivity contribution is 0.297. The molecule has 1 atom stereocenters. The summed E-state index contributed by atoms with van der Waals surface area (Å²) in [4.78, 5) is 11.8. The van der Waals surface area contributed by atoms with Crippen molar-refractivity contribution in [2.45, 2.75) is 20.0 Å². The zero-order valence-electron chi connectivity index (χ0n) is 13.5. The Balaban J connectivity index is 2.05. The Morgan fingerprint density at radius 1 is 1.24 bits per heavy atom. The fourth-order valence-electron chi connectivity index (χ4n) is 2.28. The Bertz CT molecular complexity index is 910. The van der Waals surface area contributed by atoms with E-state index in [1.54, 1.807) is 6.92 Å². The summed E-state index contributed by atoms with van der Waals surface area (Å²) in [6, 6.07) is 3.20. The molecule has 8 heteroatoms. The summed E-state index contributed by atoms with van der Waals surface area (Å²) >= 11 is 0. The maximum Gasteiger partial charge on any atom is 0.323 e. The van der Waals surface area contributed by atoms with Crippen molar-refractivity contribution in [2.24, 2.45) is 0 Å². The number of allylic oxidation sites excluding steroid dienone is 1. The predicted octanol–water partition coefficient (Wildman–Crippen LogP) is 4.27. The number of aromatic nitrogens is 4. The zero-order chi connectivity index (χ0) is 18.0. The van der Waals surface area contributed by atoms with Crippen LogP contribution in [0.1, 0.15) is 23.2 Å². The minimum Gasteiger partial charge on any atom is -0.404 e. The molecule has 128 valence electrons. The van der Waals surface area contributed by atoms with Crippen molar-refractivity contribution in [3.8, 4) is 23.1 Å². The summed E-state index contributed by atoms with van der Waals surface area (Å²) in [6.07, 6.45) is 1.60. The van der Waals surface area contributed by atoms with Crippen molar-refractivity contribution in [3.63, 3.8) is 0 Å². The maximum absolute atomic E-state index is 13.7. The molecule has 6 nitrogen and oxygen atoms in total. The first kappa shape index (κ1) is 16.7. The highest BCUT2D eigenvalue weighted by Gasteiger charge is 2.20. The highest BCUT2D eigenvalue weighted by molar-refractivity contribution is 5.69. The van der Waals surface area contributed by atoms with Crippen LogP contribution in [0, 0.1) is 19.7 Å². The molecule has 0 radical (unpaired) electrons. The highest BCUT2D eigenvalue weighted by Crippen LogP contribution is 2.35. The van der Waals surface area contributed by atoms with E-state index in [-0.39, 0.29) is 17.7 Å². The highest BCUT2D eigenvalue weighted by atomic mass is 19.1. The van der Waals surface area contributed by atoms with Gasteiger partial charge in [0.25, 0.3) is 0 Å². The minimum atomic E-state index is -1.47. The zero-order valence-corrected chi connectivity index (χ0v) is 13.5. The van der Waals surface area contributed by atoms with Gasteiger partial charge in [0, 0.05) is 11.8 Å². The molecule has 3 heterocycles. The molecule has 3 rings (SSSR count). The Labute approximate surface area is 142 Å². The molecule has 0 bridgehead atoms. The summed E-state index contributed by atoms with van der Waals surface area (Å²) in [5, 5.41) is 3.88. The first-order valence-corrected chi connectivity index (χ1v) is 7.35. The molecule has 0 amide bonds. The van der Waals surface area contributed by atoms with Gasteiger partial charge in [-0.2, -0.15) is 0 Å². The molecule has 0 fully saturated rings. The van der Waals surface area contributed by atoms with Crippen LogP contribution in [-0.4, -0.2) is 20.1 Å². The summed E-state index contributed by atoms with van der Waals surface area (Å²) < 4.78 is 37.2. The Morgan fingerprint density at radius 3 is 2.64 bits per heavy atom. The predicted molar refractivity (Wildman–Crippen MR) is 85.3 cm³/mol. The average molecular weight is 344 g/mol. The Hall–Kier alpha value is -3.16. The van der Waals surface area contributed by atoms with Crippen molar-refractivity contribution in [1.29, 1.82) is 0 Å². The van der Waals surface area contributed by atoms with Crippen molar-refractivity contribution < 1.29 is 18.0 Å². The summed E-state index contributed by atoms with van der Waals surface area (Å²) in [7, 11) is 0. The fraction of sp³-hybridized carbons (Fsp3) is 0.176. The van der Waals surface area contributed by atoms with Gasteiger partial charge in [0.15, 0.2) is 17.7 Å². The minimum absolute atomic E-state index is 0.0222. The van der Waals surface area contributed by atoms with E-state index in [0.29, 0.717) is 17.0 Å². The quantitative estimate of drug-likeness (QED) is 0.644. The third kappa shape index (κ3) is 3.52. The van der Waals surface area contributed by atoms with Crippen molar-refractivity contribution in [2.75, 3.05) is 0 Å². The Kier molecular flexibility index (Phi) is 4.51. The van der Waals surface area contributed by atoms with E-state index in [1.807, 2.05) is 13.0 Å². The monoisotopic (exact) mass is 344 g/mol. The third-order valence-electron chi connectivity index (χ3n) is 3.36. The van der Waals surface area contributed by atoms with Gasteiger partial charge in [0.05, 0.1) is 18.0 Å². The molecule has 0 saturated carbocycles. The van der Waals surface area contributed by atoms with Gasteiger partial charge >= 0.3 is 6.01 Å². The van der Waals surface area contributed by atoms with Crippen LogP contribution in [0.4, 0.5) is 8.78 Å². The van der Waals surface area contributed by atoms with Crippen molar-refractivity contribution >= 4 is 0 Å². The second kappa shape index (κ2) is 6.76. The molecule has 25 heavy (non-hydrogen) atoms. The van der Waals surface area contributed by atoms with Gasteiger partial charge in [-0.3, -0.25) is 0 Å². The van der Waals surface area contributed by atoms with Crippen LogP contribution < -0.4 is 4.74 Å². The molecular formula is C17H14F2N4O2. The second-order valence-corrected chi connectivity index (χ2v) is 5.30. The SMILES string of the molecule is C=C[C@@H](F)c1cc(-c2c(C)cc(C)nc2Oc2ncc(F)cn2)no1. The number of hydrogen-bond acceptors (Lipinski definition) is 6. The molecule has 0 aromatic carbocycles. The first-order chi connectivity index (χ1) is 12.0. The largest absolute Gasteiger partial charge is 0.404 e. The van der Waals surface area contributed by atoms with E-state index in [2.05, 4.69) is 26.7 Å². The number of hydrogen-bond donors (Lipinski definition) is 0. The van der Waals surface area contributed by atoms with Gasteiger partial charge in [0.2, 0.25) is 5.88 Å². The number of aryl methyl sites for hydroxylation is 2. The molecule has 0 N–H and O–H groups in total. The smallest absolute Gasteiger partial charge is 0.323 e. The lowest BCUT2D eigenvalue weighted by Gasteiger charge is -2.10. The molecule has 0 saturated heterocycles. The summed E-state index contributed by atoms with van der Waals surface area (Å²) in [5.74, 6) is -0.396. The summed E-state index contributed by atoms with van der Waals surface area (Å²) in [6.45, 7) is 7.00. The van der Waals surface area contributed by atoms with Crippen LogP contribution in [0.3, 0.4) is 0 Å². The second-order valence-electron chi connectivity index (χ2n) is 5.30. The van der Waals surface area contributed by atoms with Crippen LogP contribution in [0.25, 0.3) is 11.3 Å². The topological polar surface area (TPSA) is 73.9 Å². The molecule has 0 aliphatic rings. The normalized spacial score (nSPS) is 12.0. The van der Waals surface area contributed by atoms with Gasteiger partial charge in [-0.1, -0.05) is 17.8 Å². The van der Waals surface area contributed by atoms with Crippen LogP contribution in [0.2, 0.25) is 0 Å². The number of ether oxygens (including phenoxy) is 1. The molecular weight excluding hydrogens is 330 g/mol. The number of rotatable bonds is 5. The van der Waals surface area contributed by atoms with Crippen LogP contribution in [0.15, 0.2) is 41.7 Å². The van der Waals surface area contributed by atoms with E-state index >= 15 is 0 Å². The number of nitrogens with zero attached hydrogens (tertiary/aromatic N) is 4. The summed E-state index contributed by atoms with van der Waals surface area (Å²) in [5.41, 5.74) is 2.33. The van der Waals surface area contributed by atoms with Crippen molar-refractivity contribution in [1.82, 2.24) is 20.1 Å². The number of halogens is 2. The third-order valence-corrected chi connectivity index (χ3v) is 3.36. The van der Waals surface area contributed by atoms with Gasteiger partial charge in [0.1, 0.15) is 5.69 Å². The fourth-order valence-corrected chi connectivity index (χ4v) is 2.28. The first-order valence-electron chi connectivity index (χ1n) is 7.35. The van der Waals surface area contributed by atoms with Crippen LogP contribution in [-0.2, 0) is 0 Å². The lowest BCUT2D eigenvalue weighted by atomic mass is 10.1. The lowest BCUT2D eigenvalue weighted by Crippen LogP contribution is -1.99. The average Bonchev–Trinajstić information content (AvgIpc) is 3.05. The standard InChI is InChI=1S/C17H14F2N4O2/c1-4-12(19)14-6-13(23-25-14)15-9(2)5-10(3)22-16(15)24-17-20-7-11(18)8-21-17/h4-8,12H,1H2,2-3H3/t12-/m1/s1. The van der Waals surface area contributed by atoms with E-state index < -0.39 is 12.0 Å². The molecule has 0 aliphatic heterocycles. The van der Waals surface area contributed by atoms with E-state index in [4.69, 9.17) is 9.26 Å². The molecule has 3 aromatic rings. The van der Waals surface area contributed by atoms with Crippen LogP contribution in [0.5, 0.6) is 11.9 Å². The van der Waals surface area contributed by atoms with Gasteiger partial charge in [-0.25, -0.2) is 23.7 Å². The molecule has 0 aliphatic carbocycles. The number of pyridine rings is 1. The number of alkyl halides is 1. The van der Waals surface area contributed by atoms with E-state index in [1.165, 1.54) is 6.07 Å². The van der Waals surface area contributed by atoms with E-state index in [9.17, 15) is 8.78 Å². The molecule has 3 aromatic heterocycles. The van der Waals surface area contributed by atoms with Crippen molar-refractivity contribution in [3.05, 3.63) is 60.0 Å².